The zero-order chi connectivity index (χ0) is 10.9. The maximum absolute atomic E-state index is 10.2. The van der Waals surface area contributed by atoms with Crippen molar-refractivity contribution < 1.29 is 4.79 Å². The number of nitrogens with two attached hydrogens (primary N) is 1. The minimum atomic E-state index is -0.595. The Morgan fingerprint density at radius 1 is 1.20 bits per heavy atom. The summed E-state index contributed by atoms with van der Waals surface area (Å²) in [6.07, 6.45) is 12.8. The van der Waals surface area contributed by atoms with Gasteiger partial charge in [-0.1, -0.05) is 12.2 Å². The molecule has 78 valence electrons. The molecule has 0 spiro atoms. The summed E-state index contributed by atoms with van der Waals surface area (Å²) in [4.78, 5) is 13.6. The largest absolute Gasteiger partial charge is 0.368 e. The van der Waals surface area contributed by atoms with Crippen LogP contribution in [0.2, 0.25) is 0 Å². The normalized spacial score (nSPS) is 12.3. The molecule has 2 rings (SSSR count). The summed E-state index contributed by atoms with van der Waals surface area (Å²) in [7, 11) is 0. The van der Waals surface area contributed by atoms with E-state index in [0.717, 1.165) is 0 Å². The van der Waals surface area contributed by atoms with Crippen LogP contribution in [0.15, 0.2) is 43.0 Å². The first-order chi connectivity index (χ1) is 7.30. The number of rotatable bonds is 1. The van der Waals surface area contributed by atoms with Crippen LogP contribution < -0.4 is 11.1 Å². The number of hydrogen-bond donors (Lipinski definition) is 3. The fourth-order valence-electron chi connectivity index (χ4n) is 0.730. The van der Waals surface area contributed by atoms with Gasteiger partial charge in [-0.2, -0.15) is 5.10 Å². The Morgan fingerprint density at radius 2 is 1.87 bits per heavy atom. The number of allylic oxidation sites excluding steroid dienone is 4. The molecular weight excluding hydrogens is 194 g/mol. The Kier molecular flexibility index (Phi) is 4.38. The lowest BCUT2D eigenvalue weighted by Crippen LogP contribution is -2.12. The van der Waals surface area contributed by atoms with Crippen LogP contribution in [0.5, 0.6) is 0 Å². The topological polar surface area (TPSA) is 96.7 Å². The van der Waals surface area contributed by atoms with E-state index in [1.807, 2.05) is 36.7 Å². The summed E-state index contributed by atoms with van der Waals surface area (Å²) in [6, 6.07) is 0. The number of carbonyl (C=O) groups is 1. The van der Waals surface area contributed by atoms with Gasteiger partial charge in [-0.25, -0.2) is 4.98 Å². The van der Waals surface area contributed by atoms with Gasteiger partial charge >= 0.3 is 0 Å². The van der Waals surface area contributed by atoms with E-state index in [2.05, 4.69) is 20.5 Å². The monoisotopic (exact) mass is 205 g/mol. The number of aromatic nitrogens is 3. The van der Waals surface area contributed by atoms with E-state index in [4.69, 9.17) is 5.73 Å². The average Bonchev–Trinajstić information content (AvgIpc) is 2.60. The second-order valence-corrected chi connectivity index (χ2v) is 2.47. The first-order valence-corrected chi connectivity index (χ1v) is 4.20. The fourth-order valence-corrected chi connectivity index (χ4v) is 0.730. The van der Waals surface area contributed by atoms with E-state index in [1.165, 1.54) is 6.33 Å². The van der Waals surface area contributed by atoms with Gasteiger partial charge in [0.05, 0.1) is 0 Å². The molecule has 0 aliphatic carbocycles. The van der Waals surface area contributed by atoms with Crippen LogP contribution in [0, 0.1) is 0 Å². The quantitative estimate of drug-likeness (QED) is 0.604. The predicted octanol–water partition coefficient (Wildman–Crippen LogP) is 0.0768. The molecule has 1 aromatic rings. The Balaban J connectivity index is 0.000000151. The van der Waals surface area contributed by atoms with Crippen molar-refractivity contribution in [3.8, 4) is 0 Å². The van der Waals surface area contributed by atoms with E-state index in [1.54, 1.807) is 0 Å². The lowest BCUT2D eigenvalue weighted by Gasteiger charge is -1.79. The molecule has 0 saturated heterocycles. The molecule has 1 aliphatic heterocycles. The van der Waals surface area contributed by atoms with Gasteiger partial charge in [0, 0.05) is 12.4 Å². The van der Waals surface area contributed by atoms with Crippen LogP contribution in [-0.4, -0.2) is 21.1 Å². The van der Waals surface area contributed by atoms with Crippen molar-refractivity contribution in [3.05, 3.63) is 48.9 Å². The number of amides is 1. The second-order valence-electron chi connectivity index (χ2n) is 2.47. The maximum Gasteiger partial charge on any atom is 0.286 e. The van der Waals surface area contributed by atoms with Crippen molar-refractivity contribution in [1.82, 2.24) is 20.5 Å². The third kappa shape index (κ3) is 4.41. The molecule has 0 atom stereocenters. The molecular formula is C9H11N5O. The average molecular weight is 205 g/mol. The molecule has 4 N–H and O–H groups in total. The molecule has 6 heteroatoms. The minimum absolute atomic E-state index is 0.0880. The first-order valence-electron chi connectivity index (χ1n) is 4.20. The highest BCUT2D eigenvalue weighted by Gasteiger charge is 1.98. The molecule has 0 saturated carbocycles. The zero-order valence-electron chi connectivity index (χ0n) is 7.92. The summed E-state index contributed by atoms with van der Waals surface area (Å²) < 4.78 is 0. The van der Waals surface area contributed by atoms with Crippen molar-refractivity contribution >= 4 is 5.91 Å². The fraction of sp³-hybridized carbons (Fsp3) is 0. The minimum Gasteiger partial charge on any atom is -0.368 e. The molecule has 2 heterocycles. The standard InChI is InChI=1S/C6H7N.C3H4N4O/c1-2-4-6-7-5-3-1;4-2(8)3-5-1-6-7-3/h1-7H;1H,(H2,4,8)(H,5,6,7). The SMILES string of the molecule is C1=CC=CNC=C1.NC(=O)c1ncn[nH]1. The van der Waals surface area contributed by atoms with Crippen LogP contribution in [0.3, 0.4) is 0 Å². The van der Waals surface area contributed by atoms with Crippen molar-refractivity contribution in [2.75, 3.05) is 0 Å². The number of H-pyrrole nitrogens is 1. The second kappa shape index (κ2) is 6.14. The van der Waals surface area contributed by atoms with Gasteiger partial charge in [-0.15, -0.1) is 0 Å². The summed E-state index contributed by atoms with van der Waals surface area (Å²) in [5, 5.41) is 8.63. The summed E-state index contributed by atoms with van der Waals surface area (Å²) in [5.74, 6) is -0.507. The van der Waals surface area contributed by atoms with Crippen molar-refractivity contribution in [1.29, 1.82) is 0 Å². The Hall–Kier alpha value is -2.37. The van der Waals surface area contributed by atoms with Gasteiger partial charge < -0.3 is 11.1 Å². The number of nitrogens with one attached hydrogen (secondary N) is 2. The zero-order valence-corrected chi connectivity index (χ0v) is 7.92. The summed E-state index contributed by atoms with van der Waals surface area (Å²) in [6.45, 7) is 0. The van der Waals surface area contributed by atoms with E-state index in [0.29, 0.717) is 0 Å². The molecule has 0 fully saturated rings. The Labute approximate surface area is 86.6 Å². The maximum atomic E-state index is 10.2. The molecule has 1 aliphatic rings. The molecule has 0 radical (unpaired) electrons. The molecule has 1 aromatic heterocycles. The predicted molar refractivity (Wildman–Crippen MR) is 55.5 cm³/mol. The number of nitrogens with zero attached hydrogens (tertiary/aromatic N) is 2. The number of aromatic amines is 1. The summed E-state index contributed by atoms with van der Waals surface area (Å²) in [5.41, 5.74) is 4.79. The summed E-state index contributed by atoms with van der Waals surface area (Å²) >= 11 is 0. The van der Waals surface area contributed by atoms with Gasteiger partial charge in [-0.3, -0.25) is 9.89 Å². The number of primary amides is 1. The van der Waals surface area contributed by atoms with Gasteiger partial charge in [0.25, 0.3) is 5.91 Å². The van der Waals surface area contributed by atoms with E-state index >= 15 is 0 Å². The molecule has 0 unspecified atom stereocenters. The lowest BCUT2D eigenvalue weighted by atomic mass is 10.5. The number of carbonyl (C=O) groups excluding carboxylic acids is 1. The third-order valence-corrected chi connectivity index (χ3v) is 1.37. The third-order valence-electron chi connectivity index (χ3n) is 1.37. The van der Waals surface area contributed by atoms with E-state index in [-0.39, 0.29) is 5.82 Å². The molecule has 15 heavy (non-hydrogen) atoms. The molecule has 0 bridgehead atoms. The van der Waals surface area contributed by atoms with Crippen LogP contribution in [0.25, 0.3) is 0 Å². The molecule has 6 nitrogen and oxygen atoms in total. The smallest absolute Gasteiger partial charge is 0.286 e. The van der Waals surface area contributed by atoms with Crippen molar-refractivity contribution in [2.45, 2.75) is 0 Å². The van der Waals surface area contributed by atoms with E-state index in [9.17, 15) is 4.79 Å². The molecule has 1 amide bonds. The number of hydrogen-bond acceptors (Lipinski definition) is 4. The van der Waals surface area contributed by atoms with Crippen molar-refractivity contribution in [2.24, 2.45) is 5.73 Å². The van der Waals surface area contributed by atoms with Gasteiger partial charge in [0.2, 0.25) is 5.82 Å². The lowest BCUT2D eigenvalue weighted by molar-refractivity contribution is 0.0991. The van der Waals surface area contributed by atoms with Gasteiger partial charge in [0.1, 0.15) is 6.33 Å². The van der Waals surface area contributed by atoms with Crippen molar-refractivity contribution in [3.63, 3.8) is 0 Å². The van der Waals surface area contributed by atoms with Gasteiger partial charge in [0.15, 0.2) is 0 Å². The van der Waals surface area contributed by atoms with Gasteiger partial charge in [-0.05, 0) is 12.2 Å². The first kappa shape index (κ1) is 10.7. The highest BCUT2D eigenvalue weighted by Crippen LogP contribution is 1.81. The Bertz CT molecular complexity index is 363. The molecule has 0 aromatic carbocycles. The van der Waals surface area contributed by atoms with Crippen LogP contribution in [0.1, 0.15) is 10.6 Å². The van der Waals surface area contributed by atoms with Crippen LogP contribution in [0.4, 0.5) is 0 Å². The van der Waals surface area contributed by atoms with E-state index < -0.39 is 5.91 Å². The highest BCUT2D eigenvalue weighted by molar-refractivity contribution is 5.88. The highest BCUT2D eigenvalue weighted by atomic mass is 16.1. The van der Waals surface area contributed by atoms with Crippen LogP contribution in [-0.2, 0) is 0 Å². The van der Waals surface area contributed by atoms with Crippen LogP contribution >= 0.6 is 0 Å². The Morgan fingerprint density at radius 3 is 2.27 bits per heavy atom.